The Bertz CT molecular complexity index is 1600. The Balaban J connectivity index is 1.24. The van der Waals surface area contributed by atoms with Gasteiger partial charge >= 0.3 is 0 Å². The molecule has 6 rings (SSSR count). The first-order valence-electron chi connectivity index (χ1n) is 13.3. The third-order valence-electron chi connectivity index (χ3n) is 8.30. The highest BCUT2D eigenvalue weighted by Crippen LogP contribution is 2.56. The number of ether oxygens (including phenoxy) is 1. The number of nitro groups is 1. The molecule has 0 radical (unpaired) electrons. The number of Topliss-reactive ketones (excluding diaryl/α,β-unsaturated/α-hetero) is 1. The molecule has 0 aromatic heterocycles. The number of hydrazine groups is 1. The van der Waals surface area contributed by atoms with Crippen LogP contribution in [0.15, 0.2) is 66.7 Å². The van der Waals surface area contributed by atoms with Crippen molar-refractivity contribution in [3.8, 4) is 11.5 Å². The topological polar surface area (TPSA) is 127 Å². The normalized spacial score (nSPS) is 22.3. The number of imide groups is 1. The van der Waals surface area contributed by atoms with Crippen LogP contribution in [0.3, 0.4) is 0 Å². The number of nitrogens with zero attached hydrogens (tertiary/aromatic N) is 3. The molecule has 3 fully saturated rings. The summed E-state index contributed by atoms with van der Waals surface area (Å²) >= 11 is 12.2. The van der Waals surface area contributed by atoms with Crippen LogP contribution < -0.4 is 4.74 Å². The fourth-order valence-electron chi connectivity index (χ4n) is 6.35. The molecule has 2 saturated carbocycles. The molecule has 0 spiro atoms. The van der Waals surface area contributed by atoms with Crippen LogP contribution in [0.2, 0.25) is 10.0 Å². The summed E-state index contributed by atoms with van der Waals surface area (Å²) in [5, 5.41) is 13.0. The van der Waals surface area contributed by atoms with Gasteiger partial charge in [-0.25, -0.2) is 5.01 Å². The summed E-state index contributed by atoms with van der Waals surface area (Å²) in [6.45, 7) is -0.562. The number of carbonyl (C=O) groups is 4. The van der Waals surface area contributed by atoms with Crippen molar-refractivity contribution in [2.75, 3.05) is 6.54 Å². The van der Waals surface area contributed by atoms with Crippen LogP contribution >= 0.6 is 23.2 Å². The van der Waals surface area contributed by atoms with Gasteiger partial charge in [0.25, 0.3) is 23.4 Å². The lowest BCUT2D eigenvalue weighted by Gasteiger charge is -2.31. The predicted octanol–water partition coefficient (Wildman–Crippen LogP) is 5.97. The first kappa shape index (κ1) is 27.9. The van der Waals surface area contributed by atoms with Gasteiger partial charge in [-0.15, -0.1) is 0 Å². The van der Waals surface area contributed by atoms with E-state index in [1.807, 2.05) is 0 Å². The van der Waals surface area contributed by atoms with Gasteiger partial charge < -0.3 is 4.74 Å². The zero-order chi connectivity index (χ0) is 29.7. The minimum atomic E-state index is -0.728. The molecule has 0 N–H and O–H groups in total. The lowest BCUT2D eigenvalue weighted by Crippen LogP contribution is -2.52. The average molecular weight is 608 g/mol. The summed E-state index contributed by atoms with van der Waals surface area (Å²) in [5.74, 6) is -2.17. The molecule has 3 aromatic rings. The Morgan fingerprint density at radius 1 is 0.857 bits per heavy atom. The Morgan fingerprint density at radius 2 is 1.40 bits per heavy atom. The van der Waals surface area contributed by atoms with E-state index in [0.29, 0.717) is 11.5 Å². The number of hydrogen-bond donors (Lipinski definition) is 0. The van der Waals surface area contributed by atoms with E-state index in [2.05, 4.69) is 0 Å². The minimum Gasteiger partial charge on any atom is -0.457 e. The van der Waals surface area contributed by atoms with E-state index >= 15 is 0 Å². The number of non-ortho nitro benzene ring substituents is 1. The highest BCUT2D eigenvalue weighted by molar-refractivity contribution is 6.42. The van der Waals surface area contributed by atoms with Crippen LogP contribution in [0.4, 0.5) is 5.69 Å². The maximum atomic E-state index is 13.7. The van der Waals surface area contributed by atoms with Gasteiger partial charge in [-0.1, -0.05) is 23.2 Å². The lowest BCUT2D eigenvalue weighted by atomic mass is 9.81. The molecule has 3 aliphatic rings. The van der Waals surface area contributed by atoms with E-state index in [1.165, 1.54) is 66.7 Å². The fourth-order valence-corrected chi connectivity index (χ4v) is 6.65. The van der Waals surface area contributed by atoms with E-state index in [1.54, 1.807) is 0 Å². The Morgan fingerprint density at radius 3 is 1.95 bits per heavy atom. The summed E-state index contributed by atoms with van der Waals surface area (Å²) in [6, 6.07) is 15.8. The van der Waals surface area contributed by atoms with E-state index in [9.17, 15) is 29.3 Å². The number of ketones is 1. The molecule has 4 atom stereocenters. The predicted molar refractivity (Wildman–Crippen MR) is 151 cm³/mol. The van der Waals surface area contributed by atoms with E-state index in [4.69, 9.17) is 27.9 Å². The molecule has 0 unspecified atom stereocenters. The van der Waals surface area contributed by atoms with Gasteiger partial charge in [0.1, 0.15) is 18.0 Å². The SMILES string of the molecule is O=C(CN(C(=O)c1ccc(Cl)c(Cl)c1)N1C(=O)[C@@H]2[C@H]3CC[C@@H](C3)[C@@H]2C1=O)c1ccc(Oc2ccc([N+](=O)[O-])cc2)cc1. The quantitative estimate of drug-likeness (QED) is 0.134. The van der Waals surface area contributed by atoms with Crippen molar-refractivity contribution in [3.05, 3.63) is 98.0 Å². The number of hydrogen-bond acceptors (Lipinski definition) is 7. The maximum Gasteiger partial charge on any atom is 0.273 e. The number of rotatable bonds is 8. The van der Waals surface area contributed by atoms with Gasteiger partial charge in [-0.2, -0.15) is 5.01 Å². The van der Waals surface area contributed by atoms with E-state index in [-0.39, 0.29) is 38.7 Å². The highest BCUT2D eigenvalue weighted by Gasteiger charge is 2.62. The van der Waals surface area contributed by atoms with Crippen LogP contribution in [0, 0.1) is 33.8 Å². The third kappa shape index (κ3) is 4.90. The molecule has 10 nitrogen and oxygen atoms in total. The molecule has 2 bridgehead atoms. The van der Waals surface area contributed by atoms with E-state index in [0.717, 1.165) is 29.3 Å². The number of benzene rings is 3. The van der Waals surface area contributed by atoms with Crippen molar-refractivity contribution in [2.24, 2.45) is 23.7 Å². The summed E-state index contributed by atoms with van der Waals surface area (Å²) < 4.78 is 5.70. The first-order chi connectivity index (χ1) is 20.1. The summed E-state index contributed by atoms with van der Waals surface area (Å²) in [6.07, 6.45) is 2.56. The van der Waals surface area contributed by atoms with Crippen molar-refractivity contribution >= 4 is 52.4 Å². The second-order valence-electron chi connectivity index (χ2n) is 10.7. The van der Waals surface area contributed by atoms with E-state index < -0.39 is 46.8 Å². The molecule has 3 aromatic carbocycles. The largest absolute Gasteiger partial charge is 0.457 e. The molecule has 12 heteroatoms. The molecule has 3 amide bonds. The molecular weight excluding hydrogens is 585 g/mol. The smallest absolute Gasteiger partial charge is 0.273 e. The van der Waals surface area contributed by atoms with Gasteiger partial charge in [0.15, 0.2) is 5.78 Å². The summed E-state index contributed by atoms with van der Waals surface area (Å²) in [7, 11) is 0. The molecule has 1 aliphatic heterocycles. The van der Waals surface area contributed by atoms with Crippen molar-refractivity contribution in [1.82, 2.24) is 10.0 Å². The van der Waals surface area contributed by atoms with Crippen molar-refractivity contribution in [2.45, 2.75) is 19.3 Å². The molecule has 2 aliphatic carbocycles. The zero-order valence-corrected chi connectivity index (χ0v) is 23.5. The molecule has 1 heterocycles. The van der Waals surface area contributed by atoms with Gasteiger partial charge in [0.2, 0.25) is 0 Å². The first-order valence-corrected chi connectivity index (χ1v) is 14.1. The number of carbonyl (C=O) groups excluding carboxylic acids is 4. The fraction of sp³-hybridized carbons (Fsp3) is 0.267. The lowest BCUT2D eigenvalue weighted by molar-refractivity contribution is -0.384. The van der Waals surface area contributed by atoms with Gasteiger partial charge in [0.05, 0.1) is 26.8 Å². The minimum absolute atomic E-state index is 0.0738. The van der Waals surface area contributed by atoms with Crippen molar-refractivity contribution < 1.29 is 28.8 Å². The number of halogens is 2. The van der Waals surface area contributed by atoms with Crippen LogP contribution in [0.5, 0.6) is 11.5 Å². The van der Waals surface area contributed by atoms with Crippen LogP contribution in [0.25, 0.3) is 0 Å². The summed E-state index contributed by atoms with van der Waals surface area (Å²) in [4.78, 5) is 64.7. The maximum absolute atomic E-state index is 13.7. The average Bonchev–Trinajstić information content (AvgIpc) is 3.67. The second kappa shape index (κ2) is 10.8. The summed E-state index contributed by atoms with van der Waals surface area (Å²) in [5.41, 5.74) is 0.219. The molecule has 1 saturated heterocycles. The van der Waals surface area contributed by atoms with Gasteiger partial charge in [-0.3, -0.25) is 29.3 Å². The highest BCUT2D eigenvalue weighted by atomic mass is 35.5. The van der Waals surface area contributed by atoms with Crippen LogP contribution in [0.1, 0.15) is 40.0 Å². The number of fused-ring (bicyclic) bond motifs is 5. The van der Waals surface area contributed by atoms with Crippen LogP contribution in [-0.4, -0.2) is 45.0 Å². The number of nitro benzene ring substituents is 1. The molecular formula is C30H23Cl2N3O7. The monoisotopic (exact) mass is 607 g/mol. The van der Waals surface area contributed by atoms with Crippen LogP contribution in [-0.2, 0) is 9.59 Å². The Labute approximate surface area is 249 Å². The Kier molecular flexibility index (Phi) is 7.20. The van der Waals surface area contributed by atoms with Gasteiger partial charge in [-0.05, 0) is 85.7 Å². The zero-order valence-electron chi connectivity index (χ0n) is 21.9. The standard InChI is InChI=1S/C30H23Cl2N3O7/c31-23-12-5-19(14-24(23)32)28(37)33(34-29(38)26-17-1-2-18(13-17)27(26)30(34)39)15-25(36)16-3-8-21(9-4-16)42-22-10-6-20(7-11-22)35(40)41/h3-12,14,17-18,26-27H,1-2,13,15H2/t17-,18-,26-,27+/m0/s1. The van der Waals surface area contributed by atoms with Crippen molar-refractivity contribution in [1.29, 1.82) is 0 Å². The Hall–Kier alpha value is -4.28. The second-order valence-corrected chi connectivity index (χ2v) is 11.5. The number of amides is 3. The van der Waals surface area contributed by atoms with Gasteiger partial charge in [0, 0.05) is 23.3 Å². The molecule has 42 heavy (non-hydrogen) atoms. The molecule has 214 valence electrons. The third-order valence-corrected chi connectivity index (χ3v) is 9.04. The van der Waals surface area contributed by atoms with Crippen molar-refractivity contribution in [3.63, 3.8) is 0 Å².